The highest BCUT2D eigenvalue weighted by atomic mass is 35.5. The van der Waals surface area contributed by atoms with E-state index in [0.717, 1.165) is 22.5 Å². The molecule has 0 amide bonds. The number of phenolic OH excluding ortho intramolecular Hbond substituents is 1. The van der Waals surface area contributed by atoms with Gasteiger partial charge in [0, 0.05) is 21.7 Å². The molecule has 2 N–H and O–H groups in total. The SMILES string of the molecule is Oc1ccc(Cl)cc1C=NNc1nc(-c2ccccc2)cc(-c2ccccc2)n1. The van der Waals surface area contributed by atoms with Crippen LogP contribution in [0.3, 0.4) is 0 Å². The van der Waals surface area contributed by atoms with E-state index in [2.05, 4.69) is 20.5 Å². The molecule has 0 aliphatic rings. The van der Waals surface area contributed by atoms with Crippen LogP contribution in [0.25, 0.3) is 22.5 Å². The van der Waals surface area contributed by atoms with Gasteiger partial charge in [-0.05, 0) is 24.3 Å². The molecule has 1 heterocycles. The van der Waals surface area contributed by atoms with Crippen LogP contribution in [-0.2, 0) is 0 Å². The quantitative estimate of drug-likeness (QED) is 0.337. The van der Waals surface area contributed by atoms with E-state index in [-0.39, 0.29) is 5.75 Å². The maximum atomic E-state index is 9.91. The Balaban J connectivity index is 1.68. The lowest BCUT2D eigenvalue weighted by atomic mass is 10.1. The first-order valence-corrected chi connectivity index (χ1v) is 9.34. The Kier molecular flexibility index (Phi) is 5.49. The van der Waals surface area contributed by atoms with Gasteiger partial charge in [0.1, 0.15) is 5.75 Å². The van der Waals surface area contributed by atoms with E-state index in [1.54, 1.807) is 12.1 Å². The second kappa shape index (κ2) is 8.54. The van der Waals surface area contributed by atoms with Crippen LogP contribution in [0.2, 0.25) is 5.02 Å². The first-order chi connectivity index (χ1) is 14.2. The molecule has 0 radical (unpaired) electrons. The van der Waals surface area contributed by atoms with Crippen molar-refractivity contribution in [1.29, 1.82) is 0 Å². The Labute approximate surface area is 173 Å². The van der Waals surface area contributed by atoms with Crippen LogP contribution in [0.4, 0.5) is 5.95 Å². The molecular formula is C23H17ClN4O. The number of halogens is 1. The average molecular weight is 401 g/mol. The minimum Gasteiger partial charge on any atom is -0.507 e. The van der Waals surface area contributed by atoms with Crippen molar-refractivity contribution < 1.29 is 5.11 Å². The van der Waals surface area contributed by atoms with Crippen LogP contribution in [0.1, 0.15) is 5.56 Å². The van der Waals surface area contributed by atoms with Gasteiger partial charge in [-0.25, -0.2) is 15.4 Å². The Hall–Kier alpha value is -3.70. The molecule has 5 nitrogen and oxygen atoms in total. The standard InChI is InChI=1S/C23H17ClN4O/c24-19-11-12-22(29)18(13-19)15-25-28-23-26-20(16-7-3-1-4-8-16)14-21(27-23)17-9-5-2-6-10-17/h1-15,29H,(H,26,27,28). The molecule has 0 spiro atoms. The summed E-state index contributed by atoms with van der Waals surface area (Å²) in [6.07, 6.45) is 1.47. The highest BCUT2D eigenvalue weighted by molar-refractivity contribution is 6.30. The molecule has 4 rings (SSSR count). The zero-order valence-electron chi connectivity index (χ0n) is 15.3. The maximum absolute atomic E-state index is 9.91. The Bertz CT molecular complexity index is 1090. The molecule has 142 valence electrons. The number of aromatic hydroxyl groups is 1. The highest BCUT2D eigenvalue weighted by Crippen LogP contribution is 2.25. The second-order valence-electron chi connectivity index (χ2n) is 6.27. The monoisotopic (exact) mass is 400 g/mol. The van der Waals surface area contributed by atoms with E-state index in [9.17, 15) is 5.11 Å². The van der Waals surface area contributed by atoms with Crippen molar-refractivity contribution in [3.8, 4) is 28.3 Å². The number of nitrogens with zero attached hydrogens (tertiary/aromatic N) is 3. The van der Waals surface area contributed by atoms with Crippen molar-refractivity contribution in [2.45, 2.75) is 0 Å². The number of hydrogen-bond acceptors (Lipinski definition) is 5. The fourth-order valence-electron chi connectivity index (χ4n) is 2.80. The fourth-order valence-corrected chi connectivity index (χ4v) is 2.98. The van der Waals surface area contributed by atoms with Crippen LogP contribution in [-0.4, -0.2) is 21.3 Å². The summed E-state index contributed by atoms with van der Waals surface area (Å²) >= 11 is 5.97. The van der Waals surface area contributed by atoms with Gasteiger partial charge in [-0.3, -0.25) is 0 Å². The fraction of sp³-hybridized carbons (Fsp3) is 0. The molecule has 0 unspecified atom stereocenters. The van der Waals surface area contributed by atoms with Crippen LogP contribution < -0.4 is 5.43 Å². The summed E-state index contributed by atoms with van der Waals surface area (Å²) < 4.78 is 0. The smallest absolute Gasteiger partial charge is 0.244 e. The second-order valence-corrected chi connectivity index (χ2v) is 6.70. The number of benzene rings is 3. The molecule has 3 aromatic carbocycles. The molecule has 4 aromatic rings. The zero-order valence-corrected chi connectivity index (χ0v) is 16.1. The molecular weight excluding hydrogens is 384 g/mol. The summed E-state index contributed by atoms with van der Waals surface area (Å²) in [5, 5.41) is 14.6. The number of rotatable bonds is 5. The average Bonchev–Trinajstić information content (AvgIpc) is 2.77. The lowest BCUT2D eigenvalue weighted by Gasteiger charge is -2.08. The number of anilines is 1. The lowest BCUT2D eigenvalue weighted by Crippen LogP contribution is -2.00. The molecule has 6 heteroatoms. The summed E-state index contributed by atoms with van der Waals surface area (Å²) in [5.41, 5.74) is 6.86. The number of phenols is 1. The van der Waals surface area contributed by atoms with Gasteiger partial charge in [-0.1, -0.05) is 72.3 Å². The Morgan fingerprint density at radius 3 is 1.97 bits per heavy atom. The van der Waals surface area contributed by atoms with Gasteiger partial charge in [0.15, 0.2) is 0 Å². The number of hydrogen-bond donors (Lipinski definition) is 2. The Morgan fingerprint density at radius 2 is 1.38 bits per heavy atom. The first-order valence-electron chi connectivity index (χ1n) is 8.96. The van der Waals surface area contributed by atoms with Crippen molar-refractivity contribution in [2.75, 3.05) is 5.43 Å². The van der Waals surface area contributed by atoms with E-state index < -0.39 is 0 Å². The predicted octanol–water partition coefficient (Wildman–Crippen LogP) is 5.62. The molecule has 0 saturated heterocycles. The minimum absolute atomic E-state index is 0.0869. The van der Waals surface area contributed by atoms with Crippen molar-refractivity contribution in [3.63, 3.8) is 0 Å². The third kappa shape index (κ3) is 4.59. The van der Waals surface area contributed by atoms with Gasteiger partial charge in [0.25, 0.3) is 0 Å². The van der Waals surface area contributed by atoms with Gasteiger partial charge in [0.05, 0.1) is 17.6 Å². The third-order valence-electron chi connectivity index (χ3n) is 4.22. The number of nitrogens with one attached hydrogen (secondary N) is 1. The number of aromatic nitrogens is 2. The van der Waals surface area contributed by atoms with Crippen LogP contribution in [0.15, 0.2) is 90.0 Å². The van der Waals surface area contributed by atoms with E-state index in [4.69, 9.17) is 11.6 Å². The summed E-state index contributed by atoms with van der Waals surface area (Å²) in [4.78, 5) is 9.15. The van der Waals surface area contributed by atoms with Gasteiger partial charge in [-0.15, -0.1) is 0 Å². The molecule has 0 fully saturated rings. The third-order valence-corrected chi connectivity index (χ3v) is 4.46. The minimum atomic E-state index is 0.0869. The lowest BCUT2D eigenvalue weighted by molar-refractivity contribution is 0.474. The topological polar surface area (TPSA) is 70.4 Å². The summed E-state index contributed by atoms with van der Waals surface area (Å²) in [6.45, 7) is 0. The van der Waals surface area contributed by atoms with Gasteiger partial charge >= 0.3 is 0 Å². The molecule has 0 atom stereocenters. The predicted molar refractivity (Wildman–Crippen MR) is 117 cm³/mol. The van der Waals surface area contributed by atoms with Gasteiger partial charge in [0.2, 0.25) is 5.95 Å². The molecule has 0 aliphatic heterocycles. The van der Waals surface area contributed by atoms with Crippen molar-refractivity contribution in [2.24, 2.45) is 5.10 Å². The van der Waals surface area contributed by atoms with E-state index in [1.165, 1.54) is 12.3 Å². The van der Waals surface area contributed by atoms with Crippen molar-refractivity contribution >= 4 is 23.8 Å². The van der Waals surface area contributed by atoms with Gasteiger partial charge < -0.3 is 5.11 Å². The van der Waals surface area contributed by atoms with E-state index in [0.29, 0.717) is 16.5 Å². The molecule has 1 aromatic heterocycles. The Morgan fingerprint density at radius 1 is 0.793 bits per heavy atom. The summed E-state index contributed by atoms with van der Waals surface area (Å²) in [5.74, 6) is 0.437. The summed E-state index contributed by atoms with van der Waals surface area (Å²) in [6, 6.07) is 26.5. The molecule has 0 bridgehead atoms. The van der Waals surface area contributed by atoms with Crippen molar-refractivity contribution in [3.05, 3.63) is 95.5 Å². The highest BCUT2D eigenvalue weighted by Gasteiger charge is 2.08. The normalized spacial score (nSPS) is 10.9. The zero-order chi connectivity index (χ0) is 20.1. The van der Waals surface area contributed by atoms with E-state index >= 15 is 0 Å². The van der Waals surface area contributed by atoms with Crippen molar-refractivity contribution in [1.82, 2.24) is 9.97 Å². The van der Waals surface area contributed by atoms with E-state index in [1.807, 2.05) is 66.7 Å². The maximum Gasteiger partial charge on any atom is 0.244 e. The molecule has 29 heavy (non-hydrogen) atoms. The van der Waals surface area contributed by atoms with Crippen LogP contribution >= 0.6 is 11.6 Å². The summed E-state index contributed by atoms with van der Waals surface area (Å²) in [7, 11) is 0. The number of hydrazone groups is 1. The molecule has 0 saturated carbocycles. The van der Waals surface area contributed by atoms with Gasteiger partial charge in [-0.2, -0.15) is 5.10 Å². The largest absolute Gasteiger partial charge is 0.507 e. The van der Waals surface area contributed by atoms with Crippen LogP contribution in [0, 0.1) is 0 Å². The van der Waals surface area contributed by atoms with Crippen LogP contribution in [0.5, 0.6) is 5.75 Å². The molecule has 0 aliphatic carbocycles. The first kappa shape index (κ1) is 18.7.